The highest BCUT2D eigenvalue weighted by Gasteiger charge is 2.12. The topological polar surface area (TPSA) is 48.1 Å². The Bertz CT molecular complexity index is 1380. The Hall–Kier alpha value is -4.08. The number of hydrogen-bond acceptors (Lipinski definition) is 3. The normalized spacial score (nSPS) is 10.7. The smallest absolute Gasteiger partial charge is 0.144 e. The van der Waals surface area contributed by atoms with E-state index in [1.807, 2.05) is 54.7 Å². The molecule has 0 saturated heterocycles. The van der Waals surface area contributed by atoms with Gasteiger partial charge in [-0.3, -0.25) is 4.98 Å². The molecule has 0 radical (unpaired) electrons. The number of anilines is 1. The molecule has 4 aromatic carbocycles. The van der Waals surface area contributed by atoms with Gasteiger partial charge in [-0.15, -0.1) is 0 Å². The van der Waals surface area contributed by atoms with Crippen LogP contribution in [0.15, 0.2) is 116 Å². The lowest BCUT2D eigenvalue weighted by molar-refractivity contribution is 0.308. The van der Waals surface area contributed by atoms with E-state index in [1.54, 1.807) is 12.3 Å². The zero-order valence-corrected chi connectivity index (χ0v) is 19.2. The van der Waals surface area contributed by atoms with E-state index < -0.39 is 0 Å². The molecule has 5 aromatic rings. The maximum Gasteiger partial charge on any atom is 0.144 e. The highest BCUT2D eigenvalue weighted by atomic mass is 35.5. The predicted molar refractivity (Wildman–Crippen MR) is 141 cm³/mol. The van der Waals surface area contributed by atoms with E-state index in [2.05, 4.69) is 53.5 Å². The SMILES string of the molecule is Nc1c(OCc2ccc(-c3ccccc3)cc2)cc(Cl)cc1-c1ccc(-c2cccnc2)cc1. The van der Waals surface area contributed by atoms with Gasteiger partial charge in [0.1, 0.15) is 12.4 Å². The van der Waals surface area contributed by atoms with Crippen molar-refractivity contribution in [2.24, 2.45) is 0 Å². The quantitative estimate of drug-likeness (QED) is 0.261. The summed E-state index contributed by atoms with van der Waals surface area (Å²) in [5.74, 6) is 0.575. The zero-order valence-electron chi connectivity index (χ0n) is 18.5. The van der Waals surface area contributed by atoms with Gasteiger partial charge in [0, 0.05) is 29.0 Å². The summed E-state index contributed by atoms with van der Waals surface area (Å²) >= 11 is 6.43. The van der Waals surface area contributed by atoms with Crippen molar-refractivity contribution in [2.45, 2.75) is 6.61 Å². The number of nitrogens with zero attached hydrogens (tertiary/aromatic N) is 1. The van der Waals surface area contributed by atoms with Crippen molar-refractivity contribution in [3.63, 3.8) is 0 Å². The van der Waals surface area contributed by atoms with Crippen LogP contribution < -0.4 is 10.5 Å². The average Bonchev–Trinajstić information content (AvgIpc) is 2.90. The van der Waals surface area contributed by atoms with Gasteiger partial charge in [0.25, 0.3) is 0 Å². The highest BCUT2D eigenvalue weighted by Crippen LogP contribution is 2.37. The molecule has 0 amide bonds. The van der Waals surface area contributed by atoms with Crippen LogP contribution in [0, 0.1) is 0 Å². The van der Waals surface area contributed by atoms with E-state index in [0.717, 1.165) is 27.8 Å². The summed E-state index contributed by atoms with van der Waals surface area (Å²) in [6.45, 7) is 0.402. The van der Waals surface area contributed by atoms with Crippen molar-refractivity contribution in [1.29, 1.82) is 0 Å². The third-order valence-corrected chi connectivity index (χ3v) is 5.97. The van der Waals surface area contributed by atoms with Gasteiger partial charge in [-0.1, -0.05) is 96.5 Å². The lowest BCUT2D eigenvalue weighted by Crippen LogP contribution is -2.00. The van der Waals surface area contributed by atoms with E-state index in [0.29, 0.717) is 23.1 Å². The second kappa shape index (κ2) is 9.82. The first-order valence-corrected chi connectivity index (χ1v) is 11.4. The van der Waals surface area contributed by atoms with Crippen LogP contribution in [0.2, 0.25) is 5.02 Å². The molecule has 0 saturated carbocycles. The molecule has 5 rings (SSSR count). The van der Waals surface area contributed by atoms with Gasteiger partial charge < -0.3 is 10.5 Å². The maximum absolute atomic E-state index is 6.50. The molecule has 0 spiro atoms. The summed E-state index contributed by atoms with van der Waals surface area (Å²) in [6, 6.07) is 34.4. The molecule has 0 unspecified atom stereocenters. The second-order valence-corrected chi connectivity index (χ2v) is 8.47. The molecule has 3 nitrogen and oxygen atoms in total. The van der Waals surface area contributed by atoms with Crippen LogP contribution in [0.1, 0.15) is 5.56 Å². The monoisotopic (exact) mass is 462 g/mol. The van der Waals surface area contributed by atoms with Gasteiger partial charge in [0.05, 0.1) is 5.69 Å². The second-order valence-electron chi connectivity index (χ2n) is 8.04. The standard InChI is InChI=1S/C30H23ClN2O/c31-27-17-28(25-14-12-24(13-15-25)26-7-4-16-33-19-26)30(32)29(18-27)34-20-21-8-10-23(11-9-21)22-5-2-1-3-6-22/h1-19H,20,32H2. The summed E-state index contributed by atoms with van der Waals surface area (Å²) in [7, 11) is 0. The van der Waals surface area contributed by atoms with Crippen LogP contribution in [0.5, 0.6) is 5.75 Å². The molecule has 34 heavy (non-hydrogen) atoms. The number of nitrogens with two attached hydrogens (primary N) is 1. The molecule has 0 aliphatic carbocycles. The Labute approximate surface area is 204 Å². The molecular weight excluding hydrogens is 440 g/mol. The Morgan fingerprint density at radius 1 is 0.676 bits per heavy atom. The minimum Gasteiger partial charge on any atom is -0.487 e. The molecule has 2 N–H and O–H groups in total. The molecule has 0 aliphatic heterocycles. The number of aromatic nitrogens is 1. The van der Waals surface area contributed by atoms with Crippen molar-refractivity contribution in [3.8, 4) is 39.1 Å². The predicted octanol–water partition coefficient (Wildman–Crippen LogP) is 7.90. The average molecular weight is 463 g/mol. The Morgan fingerprint density at radius 2 is 1.29 bits per heavy atom. The lowest BCUT2D eigenvalue weighted by Gasteiger charge is -2.14. The lowest BCUT2D eigenvalue weighted by atomic mass is 9.99. The van der Waals surface area contributed by atoms with E-state index in [1.165, 1.54) is 11.1 Å². The minimum absolute atomic E-state index is 0.402. The van der Waals surface area contributed by atoms with Crippen LogP contribution in [0.25, 0.3) is 33.4 Å². The van der Waals surface area contributed by atoms with Crippen molar-refractivity contribution < 1.29 is 4.74 Å². The van der Waals surface area contributed by atoms with Crippen LogP contribution in [0.3, 0.4) is 0 Å². The minimum atomic E-state index is 0.402. The third kappa shape index (κ3) is 4.80. The zero-order chi connectivity index (χ0) is 23.3. The first-order valence-electron chi connectivity index (χ1n) is 11.0. The largest absolute Gasteiger partial charge is 0.487 e. The number of halogens is 1. The van der Waals surface area contributed by atoms with Crippen LogP contribution in [-0.2, 0) is 6.61 Å². The van der Waals surface area contributed by atoms with Crippen LogP contribution in [-0.4, -0.2) is 4.98 Å². The van der Waals surface area contributed by atoms with E-state index >= 15 is 0 Å². The van der Waals surface area contributed by atoms with E-state index in [9.17, 15) is 0 Å². The number of rotatable bonds is 6. The van der Waals surface area contributed by atoms with Crippen molar-refractivity contribution >= 4 is 17.3 Å². The summed E-state index contributed by atoms with van der Waals surface area (Å²) in [4.78, 5) is 4.19. The molecule has 0 bridgehead atoms. The van der Waals surface area contributed by atoms with Gasteiger partial charge in [0.15, 0.2) is 0 Å². The van der Waals surface area contributed by atoms with Gasteiger partial charge in [-0.05, 0) is 45.5 Å². The summed E-state index contributed by atoms with van der Waals surface area (Å²) < 4.78 is 6.09. The fraction of sp³-hybridized carbons (Fsp3) is 0.0333. The van der Waals surface area contributed by atoms with Crippen molar-refractivity contribution in [3.05, 3.63) is 126 Å². The molecule has 0 aliphatic rings. The highest BCUT2D eigenvalue weighted by molar-refractivity contribution is 6.31. The number of pyridine rings is 1. The van der Waals surface area contributed by atoms with Crippen molar-refractivity contribution in [1.82, 2.24) is 4.98 Å². The molecular formula is C30H23ClN2O. The Kier molecular flexibility index (Phi) is 6.28. The molecule has 0 fully saturated rings. The van der Waals surface area contributed by atoms with E-state index in [4.69, 9.17) is 22.1 Å². The van der Waals surface area contributed by atoms with Gasteiger partial charge in [-0.2, -0.15) is 0 Å². The van der Waals surface area contributed by atoms with Crippen molar-refractivity contribution in [2.75, 3.05) is 5.73 Å². The number of hydrogen-bond donors (Lipinski definition) is 1. The maximum atomic E-state index is 6.50. The fourth-order valence-corrected chi connectivity index (χ4v) is 4.12. The van der Waals surface area contributed by atoms with Crippen LogP contribution >= 0.6 is 11.6 Å². The molecule has 1 heterocycles. The number of nitrogen functional groups attached to an aromatic ring is 1. The summed E-state index contributed by atoms with van der Waals surface area (Å²) in [5, 5.41) is 0.579. The Balaban J connectivity index is 1.34. The van der Waals surface area contributed by atoms with Gasteiger partial charge in [-0.25, -0.2) is 0 Å². The van der Waals surface area contributed by atoms with Crippen LogP contribution in [0.4, 0.5) is 5.69 Å². The fourth-order valence-electron chi connectivity index (χ4n) is 3.91. The number of benzene rings is 4. The molecule has 4 heteroatoms. The Morgan fingerprint density at radius 3 is 2.00 bits per heavy atom. The first kappa shape index (κ1) is 21.7. The van der Waals surface area contributed by atoms with Gasteiger partial charge >= 0.3 is 0 Å². The molecule has 1 aromatic heterocycles. The van der Waals surface area contributed by atoms with E-state index in [-0.39, 0.29) is 0 Å². The number of ether oxygens (including phenoxy) is 1. The summed E-state index contributed by atoms with van der Waals surface area (Å²) in [5.41, 5.74) is 14.5. The third-order valence-electron chi connectivity index (χ3n) is 5.75. The first-order chi connectivity index (χ1) is 16.7. The molecule has 0 atom stereocenters. The molecule has 166 valence electrons. The van der Waals surface area contributed by atoms with Gasteiger partial charge in [0.2, 0.25) is 0 Å². The summed E-state index contributed by atoms with van der Waals surface area (Å²) in [6.07, 6.45) is 3.62.